The number of nitrogens with zero attached hydrogens (tertiary/aromatic N) is 2. The Morgan fingerprint density at radius 2 is 2.20 bits per heavy atom. The summed E-state index contributed by atoms with van der Waals surface area (Å²) < 4.78 is 4.15. The van der Waals surface area contributed by atoms with E-state index in [-0.39, 0.29) is 0 Å². The zero-order valence-corrected chi connectivity index (χ0v) is 8.44. The molecule has 0 N–H and O–H groups in total. The van der Waals surface area contributed by atoms with Gasteiger partial charge in [-0.25, -0.2) is 4.98 Å². The van der Waals surface area contributed by atoms with E-state index in [4.69, 9.17) is 0 Å². The predicted octanol–water partition coefficient (Wildman–Crippen LogP) is 2.35. The Balaban J connectivity index is 2.61. The van der Waals surface area contributed by atoms with Crippen molar-refractivity contribution in [2.24, 2.45) is 0 Å². The number of fused-ring (bicyclic) bond motifs is 1. The van der Waals surface area contributed by atoms with Crippen molar-refractivity contribution < 1.29 is 0 Å². The Morgan fingerprint density at radius 3 is 2.90 bits per heavy atom. The molecule has 0 saturated carbocycles. The highest BCUT2D eigenvalue weighted by atomic mass is 79.9. The molecule has 0 radical (unpaired) electrons. The molecule has 0 aromatic carbocycles. The van der Waals surface area contributed by atoms with Gasteiger partial charge in [-0.15, -0.1) is 0 Å². The standard InChI is InChI=1S/C6H6Br2N2/c7-5-4-2-1-3-10(4)6(8)9-5/h1-3H2. The summed E-state index contributed by atoms with van der Waals surface area (Å²) >= 11 is 6.80. The van der Waals surface area contributed by atoms with Gasteiger partial charge in [-0.05, 0) is 44.7 Å². The molecule has 0 bridgehead atoms. The minimum absolute atomic E-state index is 0.951. The summed E-state index contributed by atoms with van der Waals surface area (Å²) in [6, 6.07) is 0. The summed E-state index contributed by atoms with van der Waals surface area (Å²) in [7, 11) is 0. The Labute approximate surface area is 75.9 Å². The summed E-state index contributed by atoms with van der Waals surface area (Å²) in [5.74, 6) is 0. The lowest BCUT2D eigenvalue weighted by atomic mass is 10.3. The molecule has 0 saturated heterocycles. The van der Waals surface area contributed by atoms with Gasteiger partial charge in [0.2, 0.25) is 0 Å². The summed E-state index contributed by atoms with van der Waals surface area (Å²) in [6.45, 7) is 1.11. The third-order valence-corrected chi connectivity index (χ3v) is 3.01. The Morgan fingerprint density at radius 1 is 1.40 bits per heavy atom. The zero-order valence-electron chi connectivity index (χ0n) is 5.27. The molecule has 2 nitrogen and oxygen atoms in total. The van der Waals surface area contributed by atoms with E-state index in [1.165, 1.54) is 12.1 Å². The molecule has 0 unspecified atom stereocenters. The number of hydrogen-bond donors (Lipinski definition) is 0. The van der Waals surface area contributed by atoms with Crippen molar-refractivity contribution in [2.45, 2.75) is 19.4 Å². The van der Waals surface area contributed by atoms with E-state index < -0.39 is 0 Å². The molecule has 2 rings (SSSR count). The molecule has 1 aromatic rings. The van der Waals surface area contributed by atoms with Gasteiger partial charge in [0, 0.05) is 6.54 Å². The van der Waals surface area contributed by atoms with Gasteiger partial charge in [0.1, 0.15) is 4.60 Å². The fraction of sp³-hybridized carbons (Fsp3) is 0.500. The third-order valence-electron chi connectivity index (χ3n) is 1.77. The van der Waals surface area contributed by atoms with Gasteiger partial charge in [0.15, 0.2) is 4.73 Å². The summed E-state index contributed by atoms with van der Waals surface area (Å²) in [6.07, 6.45) is 2.40. The Kier molecular flexibility index (Phi) is 1.60. The van der Waals surface area contributed by atoms with Gasteiger partial charge >= 0.3 is 0 Å². The first-order chi connectivity index (χ1) is 4.79. The largest absolute Gasteiger partial charge is 0.322 e. The van der Waals surface area contributed by atoms with Crippen LogP contribution in [0.3, 0.4) is 0 Å². The van der Waals surface area contributed by atoms with E-state index in [9.17, 15) is 0 Å². The molecule has 0 atom stereocenters. The molecular weight excluding hydrogens is 260 g/mol. The van der Waals surface area contributed by atoms with Crippen molar-refractivity contribution >= 4 is 31.9 Å². The van der Waals surface area contributed by atoms with Crippen LogP contribution in [0.15, 0.2) is 9.34 Å². The highest BCUT2D eigenvalue weighted by Crippen LogP contribution is 2.27. The van der Waals surface area contributed by atoms with Gasteiger partial charge in [-0.2, -0.15) is 0 Å². The molecule has 0 spiro atoms. The number of imidazole rings is 1. The van der Waals surface area contributed by atoms with Crippen LogP contribution in [0.2, 0.25) is 0 Å². The van der Waals surface area contributed by atoms with Crippen LogP contribution in [-0.2, 0) is 13.0 Å². The fourth-order valence-corrected chi connectivity index (χ4v) is 2.69. The monoisotopic (exact) mass is 264 g/mol. The summed E-state index contributed by atoms with van der Waals surface area (Å²) in [4.78, 5) is 4.23. The van der Waals surface area contributed by atoms with E-state index in [1.54, 1.807) is 0 Å². The van der Waals surface area contributed by atoms with Gasteiger partial charge in [0.25, 0.3) is 0 Å². The maximum atomic E-state index is 4.23. The van der Waals surface area contributed by atoms with Crippen LogP contribution in [0.1, 0.15) is 12.1 Å². The van der Waals surface area contributed by atoms with Gasteiger partial charge in [-0.1, -0.05) is 0 Å². The van der Waals surface area contributed by atoms with Crippen molar-refractivity contribution in [1.82, 2.24) is 9.55 Å². The molecule has 1 aliphatic heterocycles. The molecule has 0 amide bonds. The molecule has 4 heteroatoms. The van der Waals surface area contributed by atoms with E-state index in [0.717, 1.165) is 22.3 Å². The van der Waals surface area contributed by atoms with Crippen LogP contribution in [0.5, 0.6) is 0 Å². The first-order valence-corrected chi connectivity index (χ1v) is 4.78. The lowest BCUT2D eigenvalue weighted by Crippen LogP contribution is -1.90. The molecule has 2 heterocycles. The zero-order chi connectivity index (χ0) is 7.14. The second kappa shape index (κ2) is 2.34. The van der Waals surface area contributed by atoms with Crippen LogP contribution in [0.25, 0.3) is 0 Å². The molecule has 0 aliphatic carbocycles. The lowest BCUT2D eigenvalue weighted by Gasteiger charge is -1.93. The molecule has 0 fully saturated rings. The summed E-state index contributed by atoms with van der Waals surface area (Å²) in [5, 5.41) is 0. The van der Waals surface area contributed by atoms with Crippen LogP contribution in [0.4, 0.5) is 0 Å². The van der Waals surface area contributed by atoms with E-state index >= 15 is 0 Å². The van der Waals surface area contributed by atoms with Gasteiger partial charge < -0.3 is 4.57 Å². The number of halogens is 2. The minimum Gasteiger partial charge on any atom is -0.322 e. The van der Waals surface area contributed by atoms with Crippen molar-refractivity contribution in [2.75, 3.05) is 0 Å². The average molecular weight is 266 g/mol. The molecule has 1 aliphatic rings. The van der Waals surface area contributed by atoms with E-state index in [1.807, 2.05) is 0 Å². The average Bonchev–Trinajstić information content (AvgIpc) is 2.39. The quantitative estimate of drug-likeness (QED) is 0.704. The van der Waals surface area contributed by atoms with E-state index in [2.05, 4.69) is 41.4 Å². The second-order valence-electron chi connectivity index (χ2n) is 2.37. The normalized spacial score (nSPS) is 15.8. The van der Waals surface area contributed by atoms with Crippen LogP contribution >= 0.6 is 31.9 Å². The van der Waals surface area contributed by atoms with Gasteiger partial charge in [0.05, 0.1) is 5.69 Å². The van der Waals surface area contributed by atoms with Crippen molar-refractivity contribution in [1.29, 1.82) is 0 Å². The second-order valence-corrected chi connectivity index (χ2v) is 3.83. The lowest BCUT2D eigenvalue weighted by molar-refractivity contribution is 0.724. The van der Waals surface area contributed by atoms with E-state index in [0.29, 0.717) is 0 Å². The van der Waals surface area contributed by atoms with Crippen molar-refractivity contribution in [3.05, 3.63) is 15.0 Å². The minimum atomic E-state index is 0.951. The maximum Gasteiger partial charge on any atom is 0.178 e. The Hall–Kier alpha value is 0.170. The third kappa shape index (κ3) is 0.855. The number of hydrogen-bond acceptors (Lipinski definition) is 1. The predicted molar refractivity (Wildman–Crippen MR) is 45.9 cm³/mol. The summed E-state index contributed by atoms with van der Waals surface area (Å²) in [5.41, 5.74) is 1.33. The van der Waals surface area contributed by atoms with Crippen LogP contribution in [-0.4, -0.2) is 9.55 Å². The highest BCUT2D eigenvalue weighted by molar-refractivity contribution is 9.11. The molecule has 1 aromatic heterocycles. The maximum absolute atomic E-state index is 4.23. The fourth-order valence-electron chi connectivity index (χ4n) is 1.30. The van der Waals surface area contributed by atoms with Crippen LogP contribution < -0.4 is 0 Å². The number of aromatic nitrogens is 2. The van der Waals surface area contributed by atoms with Crippen LogP contribution in [0, 0.1) is 0 Å². The van der Waals surface area contributed by atoms with Gasteiger partial charge in [-0.3, -0.25) is 0 Å². The smallest absolute Gasteiger partial charge is 0.178 e. The molecule has 54 valence electrons. The first-order valence-electron chi connectivity index (χ1n) is 3.19. The highest BCUT2D eigenvalue weighted by Gasteiger charge is 2.17. The topological polar surface area (TPSA) is 17.8 Å². The number of rotatable bonds is 0. The molecular formula is C6H6Br2N2. The van der Waals surface area contributed by atoms with Crippen molar-refractivity contribution in [3.63, 3.8) is 0 Å². The molecule has 10 heavy (non-hydrogen) atoms. The van der Waals surface area contributed by atoms with Crippen molar-refractivity contribution in [3.8, 4) is 0 Å². The Bertz CT molecular complexity index is 242. The SMILES string of the molecule is Brc1nc(Br)n2c1CCC2. The first kappa shape index (κ1) is 6.85.